The maximum absolute atomic E-state index is 13.1. The number of hydrogen-bond acceptors (Lipinski definition) is 6. The van der Waals surface area contributed by atoms with Gasteiger partial charge in [-0.1, -0.05) is 35.2 Å². The van der Waals surface area contributed by atoms with Crippen LogP contribution in [0.2, 0.25) is 0 Å². The molecule has 2 aromatic carbocycles. The van der Waals surface area contributed by atoms with Gasteiger partial charge >= 0.3 is 0 Å². The number of nitrogens with one attached hydrogen (secondary N) is 2. The Kier molecular flexibility index (Phi) is 5.00. The molecular weight excluding hydrogens is 437 g/mol. The molecule has 0 radical (unpaired) electrons. The van der Waals surface area contributed by atoms with Crippen molar-refractivity contribution in [3.05, 3.63) is 82.9 Å². The lowest BCUT2D eigenvalue weighted by atomic mass is 10.1. The standard InChI is InChI=1S/C21H14FN5O2S2/c22-18-7-8-27(26-18)21-24-11-13(30-21)10-23-19(28)12-5-6-17-15(9-12)25-20(29)14-3-1-2-4-16(14)31-17/h1-9,11H,10H2,(H,23,28)(H,25,29). The van der Waals surface area contributed by atoms with Crippen LogP contribution >= 0.6 is 23.1 Å². The number of anilines is 1. The summed E-state index contributed by atoms with van der Waals surface area (Å²) >= 11 is 2.79. The summed E-state index contributed by atoms with van der Waals surface area (Å²) in [5.41, 5.74) is 1.64. The predicted molar refractivity (Wildman–Crippen MR) is 115 cm³/mol. The number of amides is 2. The van der Waals surface area contributed by atoms with E-state index >= 15 is 0 Å². The van der Waals surface area contributed by atoms with Crippen molar-refractivity contribution >= 4 is 40.6 Å². The molecule has 0 fully saturated rings. The summed E-state index contributed by atoms with van der Waals surface area (Å²) in [6, 6.07) is 13.9. The van der Waals surface area contributed by atoms with Gasteiger partial charge in [-0.05, 0) is 30.3 Å². The number of thiazole rings is 1. The van der Waals surface area contributed by atoms with Gasteiger partial charge in [0.05, 0.1) is 17.8 Å². The highest BCUT2D eigenvalue weighted by molar-refractivity contribution is 7.99. The second-order valence-corrected chi connectivity index (χ2v) is 8.82. The second kappa shape index (κ2) is 7.97. The van der Waals surface area contributed by atoms with Gasteiger partial charge in [-0.3, -0.25) is 9.59 Å². The van der Waals surface area contributed by atoms with Crippen molar-refractivity contribution in [1.82, 2.24) is 20.1 Å². The van der Waals surface area contributed by atoms with E-state index in [2.05, 4.69) is 20.7 Å². The van der Waals surface area contributed by atoms with E-state index in [1.165, 1.54) is 40.0 Å². The Morgan fingerprint density at radius 2 is 2.03 bits per heavy atom. The van der Waals surface area contributed by atoms with Crippen molar-refractivity contribution in [2.75, 3.05) is 5.32 Å². The molecule has 0 aliphatic carbocycles. The molecule has 0 spiro atoms. The Balaban J connectivity index is 1.29. The number of aromatic nitrogens is 3. The highest BCUT2D eigenvalue weighted by atomic mass is 32.2. The lowest BCUT2D eigenvalue weighted by Crippen LogP contribution is -2.22. The molecule has 1 aliphatic heterocycles. The molecule has 154 valence electrons. The van der Waals surface area contributed by atoms with Gasteiger partial charge in [-0.25, -0.2) is 9.67 Å². The zero-order valence-electron chi connectivity index (χ0n) is 15.8. The normalized spacial score (nSPS) is 12.5. The van der Waals surface area contributed by atoms with Gasteiger partial charge in [0.1, 0.15) is 0 Å². The largest absolute Gasteiger partial charge is 0.347 e. The summed E-state index contributed by atoms with van der Waals surface area (Å²) < 4.78 is 14.4. The molecule has 0 atom stereocenters. The van der Waals surface area contributed by atoms with Crippen LogP contribution in [0.3, 0.4) is 0 Å². The van der Waals surface area contributed by atoms with Crippen molar-refractivity contribution in [2.45, 2.75) is 16.3 Å². The summed E-state index contributed by atoms with van der Waals surface area (Å²) in [5.74, 6) is -1.06. The number of benzene rings is 2. The molecule has 2 amide bonds. The fraction of sp³-hybridized carbons (Fsp3) is 0.0476. The molecule has 0 bridgehead atoms. The number of halogens is 1. The molecule has 7 nitrogen and oxygen atoms in total. The van der Waals surface area contributed by atoms with Crippen LogP contribution in [-0.2, 0) is 6.54 Å². The fourth-order valence-corrected chi connectivity index (χ4v) is 4.87. The molecule has 2 N–H and O–H groups in total. The molecule has 0 unspecified atom stereocenters. The number of carbonyl (C=O) groups excluding carboxylic acids is 2. The molecule has 5 rings (SSSR count). The summed E-state index contributed by atoms with van der Waals surface area (Å²) in [5, 5.41) is 9.92. The van der Waals surface area contributed by atoms with Crippen LogP contribution in [-0.4, -0.2) is 26.6 Å². The highest BCUT2D eigenvalue weighted by Crippen LogP contribution is 2.39. The smallest absolute Gasteiger partial charge is 0.256 e. The molecule has 31 heavy (non-hydrogen) atoms. The molecule has 10 heteroatoms. The molecule has 3 heterocycles. The van der Waals surface area contributed by atoms with E-state index in [0.29, 0.717) is 21.9 Å². The average Bonchev–Trinajstić information content (AvgIpc) is 3.39. The van der Waals surface area contributed by atoms with Crippen LogP contribution in [0.1, 0.15) is 25.6 Å². The van der Waals surface area contributed by atoms with Gasteiger partial charge in [0.25, 0.3) is 11.8 Å². The minimum absolute atomic E-state index is 0.202. The number of carbonyl (C=O) groups is 2. The van der Waals surface area contributed by atoms with Gasteiger partial charge in [0, 0.05) is 38.7 Å². The van der Waals surface area contributed by atoms with Gasteiger partial charge in [-0.2, -0.15) is 4.39 Å². The third kappa shape index (κ3) is 3.94. The van der Waals surface area contributed by atoms with E-state index in [9.17, 15) is 14.0 Å². The Morgan fingerprint density at radius 1 is 1.16 bits per heavy atom. The minimum Gasteiger partial charge on any atom is -0.347 e. The lowest BCUT2D eigenvalue weighted by molar-refractivity contribution is 0.0949. The summed E-state index contributed by atoms with van der Waals surface area (Å²) in [4.78, 5) is 31.9. The van der Waals surface area contributed by atoms with E-state index in [-0.39, 0.29) is 18.4 Å². The Hall–Kier alpha value is -3.50. The molecule has 0 saturated heterocycles. The van der Waals surface area contributed by atoms with E-state index < -0.39 is 5.95 Å². The summed E-state index contributed by atoms with van der Waals surface area (Å²) in [7, 11) is 0. The molecular formula is C21H14FN5O2S2. The van der Waals surface area contributed by atoms with Gasteiger partial charge in [0.2, 0.25) is 11.1 Å². The number of nitrogens with zero attached hydrogens (tertiary/aromatic N) is 3. The lowest BCUT2D eigenvalue weighted by Gasteiger charge is -2.09. The average molecular weight is 452 g/mol. The van der Waals surface area contributed by atoms with Gasteiger partial charge < -0.3 is 10.6 Å². The van der Waals surface area contributed by atoms with Crippen molar-refractivity contribution < 1.29 is 14.0 Å². The van der Waals surface area contributed by atoms with Crippen LogP contribution in [0.4, 0.5) is 10.1 Å². The van der Waals surface area contributed by atoms with Gasteiger partial charge in [0.15, 0.2) is 0 Å². The summed E-state index contributed by atoms with van der Waals surface area (Å²) in [6.45, 7) is 0.268. The molecule has 1 aliphatic rings. The predicted octanol–water partition coefficient (Wildman–Crippen LogP) is 4.11. The maximum atomic E-state index is 13.1. The van der Waals surface area contributed by atoms with Crippen LogP contribution in [0.25, 0.3) is 5.13 Å². The van der Waals surface area contributed by atoms with E-state index in [1.54, 1.807) is 24.4 Å². The van der Waals surface area contributed by atoms with Crippen molar-refractivity contribution in [3.63, 3.8) is 0 Å². The maximum Gasteiger partial charge on any atom is 0.256 e. The van der Waals surface area contributed by atoms with E-state index in [4.69, 9.17) is 0 Å². The number of fused-ring (bicyclic) bond motifs is 2. The first kappa shape index (κ1) is 19.5. The fourth-order valence-electron chi connectivity index (χ4n) is 3.07. The van der Waals surface area contributed by atoms with Crippen molar-refractivity contribution in [1.29, 1.82) is 0 Å². The van der Waals surface area contributed by atoms with Crippen molar-refractivity contribution in [3.8, 4) is 5.13 Å². The number of rotatable bonds is 4. The molecule has 0 saturated carbocycles. The van der Waals surface area contributed by atoms with Crippen LogP contribution in [0.5, 0.6) is 0 Å². The second-order valence-electron chi connectivity index (χ2n) is 6.64. The van der Waals surface area contributed by atoms with Crippen LogP contribution in [0, 0.1) is 5.95 Å². The molecule has 4 aromatic rings. The third-order valence-corrected chi connectivity index (χ3v) is 6.70. The van der Waals surface area contributed by atoms with E-state index in [0.717, 1.165) is 14.7 Å². The zero-order chi connectivity index (χ0) is 21.4. The first-order valence-corrected chi connectivity index (χ1v) is 10.9. The Labute approximate surface area is 184 Å². The third-order valence-electron chi connectivity index (χ3n) is 4.56. The SMILES string of the molecule is O=C(NCc1cnc(-n2ccc(F)n2)s1)c1ccc2c(c1)NC(=O)c1ccccc1S2. The Bertz CT molecular complexity index is 1320. The van der Waals surface area contributed by atoms with Crippen LogP contribution in [0.15, 0.2) is 70.7 Å². The molecule has 2 aromatic heterocycles. The monoisotopic (exact) mass is 451 g/mol. The first-order chi connectivity index (χ1) is 15.1. The van der Waals surface area contributed by atoms with Crippen LogP contribution < -0.4 is 10.6 Å². The first-order valence-electron chi connectivity index (χ1n) is 9.23. The van der Waals surface area contributed by atoms with Crippen molar-refractivity contribution in [2.24, 2.45) is 0 Å². The summed E-state index contributed by atoms with van der Waals surface area (Å²) in [6.07, 6.45) is 3.10. The highest BCUT2D eigenvalue weighted by Gasteiger charge is 2.20. The van der Waals surface area contributed by atoms with E-state index in [1.807, 2.05) is 24.3 Å². The Morgan fingerprint density at radius 3 is 2.87 bits per heavy atom. The number of hydrogen-bond donors (Lipinski definition) is 2. The topological polar surface area (TPSA) is 88.9 Å². The quantitative estimate of drug-likeness (QED) is 0.487. The minimum atomic E-state index is -0.582. The zero-order valence-corrected chi connectivity index (χ0v) is 17.5. The van der Waals surface area contributed by atoms with Gasteiger partial charge in [-0.15, -0.1) is 5.10 Å².